The lowest BCUT2D eigenvalue weighted by Crippen LogP contribution is -2.09. The lowest BCUT2D eigenvalue weighted by atomic mass is 10.1. The number of hydrogen-bond donors (Lipinski definition) is 2. The molecule has 1 heterocycles. The minimum Gasteiger partial charge on any atom is -0.477 e. The van der Waals surface area contributed by atoms with Crippen LogP contribution in [0.15, 0.2) is 24.4 Å². The molecular formula is C12H9ClFN3O2. The van der Waals surface area contributed by atoms with Crippen molar-refractivity contribution in [3.8, 4) is 0 Å². The minimum atomic E-state index is -1.21. The van der Waals surface area contributed by atoms with Crippen molar-refractivity contribution in [3.05, 3.63) is 52.2 Å². The molecule has 7 heteroatoms. The van der Waals surface area contributed by atoms with Crippen molar-refractivity contribution in [2.45, 2.75) is 6.42 Å². The van der Waals surface area contributed by atoms with Crippen molar-refractivity contribution in [1.82, 2.24) is 9.97 Å². The molecule has 5 nitrogen and oxygen atoms in total. The van der Waals surface area contributed by atoms with Crippen molar-refractivity contribution in [2.75, 3.05) is 5.73 Å². The van der Waals surface area contributed by atoms with Gasteiger partial charge in [-0.15, -0.1) is 0 Å². The van der Waals surface area contributed by atoms with Gasteiger partial charge in [-0.05, 0) is 12.1 Å². The van der Waals surface area contributed by atoms with E-state index >= 15 is 0 Å². The largest absolute Gasteiger partial charge is 0.477 e. The van der Waals surface area contributed by atoms with Gasteiger partial charge in [0.1, 0.15) is 23.0 Å². The Morgan fingerprint density at radius 2 is 2.21 bits per heavy atom. The molecule has 0 radical (unpaired) electrons. The average Bonchev–Trinajstić information content (AvgIpc) is 2.33. The summed E-state index contributed by atoms with van der Waals surface area (Å²) in [6, 6.07) is 4.31. The molecule has 0 saturated heterocycles. The van der Waals surface area contributed by atoms with Crippen LogP contribution in [0.2, 0.25) is 5.02 Å². The maximum atomic E-state index is 13.6. The molecule has 0 unspecified atom stereocenters. The number of halogens is 2. The van der Waals surface area contributed by atoms with Gasteiger partial charge in [0.2, 0.25) is 0 Å². The van der Waals surface area contributed by atoms with Crippen LogP contribution in [0, 0.1) is 5.82 Å². The fourth-order valence-electron chi connectivity index (χ4n) is 1.54. The zero-order valence-electron chi connectivity index (χ0n) is 9.60. The van der Waals surface area contributed by atoms with Crippen molar-refractivity contribution in [2.24, 2.45) is 0 Å². The van der Waals surface area contributed by atoms with Gasteiger partial charge in [-0.3, -0.25) is 0 Å². The highest BCUT2D eigenvalue weighted by Gasteiger charge is 2.13. The first kappa shape index (κ1) is 13.2. The number of carboxylic acids is 1. The molecule has 0 saturated carbocycles. The Kier molecular flexibility index (Phi) is 3.62. The molecule has 0 aliphatic carbocycles. The van der Waals surface area contributed by atoms with Crippen LogP contribution in [0.5, 0.6) is 0 Å². The highest BCUT2D eigenvalue weighted by molar-refractivity contribution is 6.31. The van der Waals surface area contributed by atoms with E-state index in [4.69, 9.17) is 22.4 Å². The van der Waals surface area contributed by atoms with E-state index in [-0.39, 0.29) is 34.2 Å². The standard InChI is InChI=1S/C12H9ClFN3O2/c13-8-2-1-3-9(14)6(8)4-10-16-5-7(12(18)19)11(15)17-10/h1-3,5H,4H2,(H,18,19)(H2,15,16,17). The Morgan fingerprint density at radius 3 is 2.79 bits per heavy atom. The number of aromatic carboxylic acids is 1. The summed E-state index contributed by atoms with van der Waals surface area (Å²) in [7, 11) is 0. The fraction of sp³-hybridized carbons (Fsp3) is 0.0833. The van der Waals surface area contributed by atoms with Gasteiger partial charge in [-0.1, -0.05) is 17.7 Å². The minimum absolute atomic E-state index is 0.0373. The smallest absolute Gasteiger partial charge is 0.341 e. The zero-order chi connectivity index (χ0) is 14.0. The fourth-order valence-corrected chi connectivity index (χ4v) is 1.77. The van der Waals surface area contributed by atoms with Gasteiger partial charge in [0.25, 0.3) is 0 Å². The first-order valence-corrected chi connectivity index (χ1v) is 5.64. The lowest BCUT2D eigenvalue weighted by molar-refractivity contribution is 0.0697. The summed E-state index contributed by atoms with van der Waals surface area (Å²) in [6.45, 7) is 0. The first-order chi connectivity index (χ1) is 8.99. The average molecular weight is 282 g/mol. The van der Waals surface area contributed by atoms with E-state index in [2.05, 4.69) is 9.97 Å². The second-order valence-electron chi connectivity index (χ2n) is 3.77. The van der Waals surface area contributed by atoms with Crippen LogP contribution in [-0.2, 0) is 6.42 Å². The molecule has 19 heavy (non-hydrogen) atoms. The van der Waals surface area contributed by atoms with Crippen molar-refractivity contribution in [1.29, 1.82) is 0 Å². The number of benzene rings is 1. The normalized spacial score (nSPS) is 10.4. The number of carboxylic acid groups (broad SMARTS) is 1. The Balaban J connectivity index is 2.34. The highest BCUT2D eigenvalue weighted by Crippen LogP contribution is 2.21. The van der Waals surface area contributed by atoms with Crippen LogP contribution in [0.1, 0.15) is 21.7 Å². The molecule has 0 amide bonds. The van der Waals surface area contributed by atoms with Gasteiger partial charge in [0.05, 0.1) is 0 Å². The van der Waals surface area contributed by atoms with E-state index in [1.54, 1.807) is 6.07 Å². The molecule has 0 aliphatic rings. The van der Waals surface area contributed by atoms with Crippen molar-refractivity contribution >= 4 is 23.4 Å². The first-order valence-electron chi connectivity index (χ1n) is 5.26. The maximum Gasteiger partial charge on any atom is 0.341 e. The van der Waals surface area contributed by atoms with Gasteiger partial charge >= 0.3 is 5.97 Å². The number of aromatic nitrogens is 2. The zero-order valence-corrected chi connectivity index (χ0v) is 10.4. The van der Waals surface area contributed by atoms with Crippen molar-refractivity contribution < 1.29 is 14.3 Å². The molecule has 0 fully saturated rings. The van der Waals surface area contributed by atoms with Gasteiger partial charge in [-0.2, -0.15) is 0 Å². The number of nitrogen functional groups attached to an aromatic ring is 1. The highest BCUT2D eigenvalue weighted by atomic mass is 35.5. The second kappa shape index (κ2) is 5.19. The summed E-state index contributed by atoms with van der Waals surface area (Å²) in [5.41, 5.74) is 5.54. The van der Waals surface area contributed by atoms with Crippen LogP contribution in [0.4, 0.5) is 10.2 Å². The third kappa shape index (κ3) is 2.79. The molecular weight excluding hydrogens is 273 g/mol. The van der Waals surface area contributed by atoms with E-state index < -0.39 is 11.8 Å². The van der Waals surface area contributed by atoms with Gasteiger partial charge < -0.3 is 10.8 Å². The number of rotatable bonds is 3. The number of hydrogen-bond acceptors (Lipinski definition) is 4. The summed E-state index contributed by atoms with van der Waals surface area (Å²) in [5, 5.41) is 9.05. The molecule has 0 bridgehead atoms. The van der Waals surface area contributed by atoms with E-state index in [0.29, 0.717) is 0 Å². The van der Waals surface area contributed by atoms with Crippen molar-refractivity contribution in [3.63, 3.8) is 0 Å². The Labute approximate surface area is 112 Å². The molecule has 1 aromatic heterocycles. The molecule has 98 valence electrons. The monoisotopic (exact) mass is 281 g/mol. The molecule has 0 atom stereocenters. The van der Waals surface area contributed by atoms with Gasteiger partial charge in [-0.25, -0.2) is 19.2 Å². The van der Waals surface area contributed by atoms with E-state index in [1.807, 2.05) is 0 Å². The third-order valence-corrected chi connectivity index (χ3v) is 2.85. The maximum absolute atomic E-state index is 13.6. The summed E-state index contributed by atoms with van der Waals surface area (Å²) >= 11 is 5.88. The SMILES string of the molecule is Nc1nc(Cc2c(F)cccc2Cl)ncc1C(=O)O. The molecule has 1 aromatic carbocycles. The summed E-state index contributed by atoms with van der Waals surface area (Å²) in [6.07, 6.45) is 1.13. The van der Waals surface area contributed by atoms with Crippen LogP contribution in [0.25, 0.3) is 0 Å². The number of anilines is 1. The number of carbonyl (C=O) groups is 1. The van der Waals surface area contributed by atoms with Crippen LogP contribution >= 0.6 is 11.6 Å². The molecule has 2 aromatic rings. The van der Waals surface area contributed by atoms with Crippen LogP contribution < -0.4 is 5.73 Å². The molecule has 3 N–H and O–H groups in total. The van der Waals surface area contributed by atoms with E-state index in [9.17, 15) is 9.18 Å². The van der Waals surface area contributed by atoms with Gasteiger partial charge in [0, 0.05) is 23.2 Å². The lowest BCUT2D eigenvalue weighted by Gasteiger charge is -2.06. The quantitative estimate of drug-likeness (QED) is 0.900. The summed E-state index contributed by atoms with van der Waals surface area (Å²) in [5.74, 6) is -1.65. The van der Waals surface area contributed by atoms with Gasteiger partial charge in [0.15, 0.2) is 0 Å². The Bertz CT molecular complexity index is 629. The second-order valence-corrected chi connectivity index (χ2v) is 4.17. The molecule has 2 rings (SSSR count). The predicted octanol–water partition coefficient (Wildman–Crippen LogP) is 2.14. The van der Waals surface area contributed by atoms with E-state index in [1.165, 1.54) is 12.1 Å². The summed E-state index contributed by atoms with van der Waals surface area (Å²) in [4.78, 5) is 18.4. The third-order valence-electron chi connectivity index (χ3n) is 2.50. The van der Waals surface area contributed by atoms with Crippen LogP contribution in [0.3, 0.4) is 0 Å². The molecule has 0 aliphatic heterocycles. The number of nitrogens with zero attached hydrogens (tertiary/aromatic N) is 2. The van der Waals surface area contributed by atoms with Crippen LogP contribution in [-0.4, -0.2) is 21.0 Å². The van der Waals surface area contributed by atoms with E-state index in [0.717, 1.165) is 6.20 Å². The topological polar surface area (TPSA) is 89.1 Å². The predicted molar refractivity (Wildman–Crippen MR) is 67.6 cm³/mol. The molecule has 0 spiro atoms. The number of nitrogens with two attached hydrogens (primary N) is 1. The Morgan fingerprint density at radius 1 is 1.47 bits per heavy atom. The Hall–Kier alpha value is -2.21. The summed E-state index contributed by atoms with van der Waals surface area (Å²) < 4.78 is 13.6.